The highest BCUT2D eigenvalue weighted by Gasteiger charge is 2.38. The highest BCUT2D eigenvalue weighted by Crippen LogP contribution is 2.20. The summed E-state index contributed by atoms with van der Waals surface area (Å²) in [5, 5.41) is 4.09. The standard InChI is InChI=1S/C17H19F3N2O3/c1-3-6-12(7-4-2)11-25-16(24)22-14-9-5-8-13(10-14)21-15(23)17(18,19)20/h3,5-10H,4,11H2,1-2H3,(H,21,23)(H,22,24). The number of rotatable bonds is 6. The van der Waals surface area contributed by atoms with E-state index in [1.165, 1.54) is 24.3 Å². The van der Waals surface area contributed by atoms with Crippen LogP contribution in [-0.2, 0) is 9.53 Å². The number of hydrogen-bond donors (Lipinski definition) is 2. The van der Waals surface area contributed by atoms with Gasteiger partial charge in [-0.3, -0.25) is 10.1 Å². The van der Waals surface area contributed by atoms with E-state index in [1.807, 2.05) is 32.1 Å². The summed E-state index contributed by atoms with van der Waals surface area (Å²) < 4.78 is 41.8. The quantitative estimate of drug-likeness (QED) is 0.729. The lowest BCUT2D eigenvalue weighted by Gasteiger charge is -2.11. The van der Waals surface area contributed by atoms with Gasteiger partial charge in [-0.15, -0.1) is 0 Å². The van der Waals surface area contributed by atoms with Crippen LogP contribution in [0.4, 0.5) is 29.3 Å². The van der Waals surface area contributed by atoms with Gasteiger partial charge in [0.25, 0.3) is 0 Å². The molecule has 1 aromatic rings. The number of halogens is 3. The molecule has 0 bridgehead atoms. The van der Waals surface area contributed by atoms with Crippen LogP contribution >= 0.6 is 0 Å². The molecule has 0 saturated carbocycles. The topological polar surface area (TPSA) is 67.4 Å². The predicted molar refractivity (Wildman–Crippen MR) is 89.3 cm³/mol. The smallest absolute Gasteiger partial charge is 0.444 e. The number of benzene rings is 1. The van der Waals surface area contributed by atoms with Gasteiger partial charge < -0.3 is 10.1 Å². The SMILES string of the molecule is CC=CC(=CCC)COC(=O)Nc1cccc(NC(=O)C(F)(F)F)c1. The first-order valence-corrected chi connectivity index (χ1v) is 7.50. The molecule has 0 unspecified atom stereocenters. The lowest BCUT2D eigenvalue weighted by molar-refractivity contribution is -0.167. The zero-order chi connectivity index (χ0) is 18.9. The van der Waals surface area contributed by atoms with Gasteiger partial charge in [0.15, 0.2) is 0 Å². The molecule has 2 N–H and O–H groups in total. The van der Waals surface area contributed by atoms with Gasteiger partial charge in [0.1, 0.15) is 6.61 Å². The molecule has 5 nitrogen and oxygen atoms in total. The molecule has 0 aromatic heterocycles. The van der Waals surface area contributed by atoms with Crippen LogP contribution in [0.2, 0.25) is 0 Å². The number of nitrogens with one attached hydrogen (secondary N) is 2. The Hall–Kier alpha value is -2.77. The van der Waals surface area contributed by atoms with Gasteiger partial charge >= 0.3 is 18.2 Å². The summed E-state index contributed by atoms with van der Waals surface area (Å²) in [6.07, 6.45) is 0.564. The van der Waals surface area contributed by atoms with E-state index < -0.39 is 18.2 Å². The van der Waals surface area contributed by atoms with E-state index in [0.717, 1.165) is 12.0 Å². The summed E-state index contributed by atoms with van der Waals surface area (Å²) in [7, 11) is 0. The third-order valence-electron chi connectivity index (χ3n) is 2.84. The van der Waals surface area contributed by atoms with Crippen molar-refractivity contribution in [1.82, 2.24) is 0 Å². The Morgan fingerprint density at radius 1 is 1.20 bits per heavy atom. The van der Waals surface area contributed by atoms with Gasteiger partial charge in [-0.1, -0.05) is 31.2 Å². The largest absolute Gasteiger partial charge is 0.471 e. The molecule has 0 radical (unpaired) electrons. The summed E-state index contributed by atoms with van der Waals surface area (Å²) in [5.41, 5.74) is 0.920. The molecule has 0 aliphatic carbocycles. The van der Waals surface area contributed by atoms with Gasteiger partial charge in [0.2, 0.25) is 0 Å². The molecule has 8 heteroatoms. The molecular formula is C17H19F3N2O3. The van der Waals surface area contributed by atoms with Crippen molar-refractivity contribution < 1.29 is 27.5 Å². The lowest BCUT2D eigenvalue weighted by Crippen LogP contribution is -2.29. The second kappa shape index (κ2) is 9.51. The first kappa shape index (κ1) is 20.3. The van der Waals surface area contributed by atoms with Crippen LogP contribution in [0.1, 0.15) is 20.3 Å². The monoisotopic (exact) mass is 356 g/mol. The third-order valence-corrected chi connectivity index (χ3v) is 2.84. The molecule has 25 heavy (non-hydrogen) atoms. The van der Waals surface area contributed by atoms with E-state index in [4.69, 9.17) is 4.74 Å². The van der Waals surface area contributed by atoms with Crippen molar-refractivity contribution in [1.29, 1.82) is 0 Å². The van der Waals surface area contributed by atoms with Crippen LogP contribution < -0.4 is 10.6 Å². The second-order valence-electron chi connectivity index (χ2n) is 4.92. The number of ether oxygens (including phenoxy) is 1. The number of carbonyl (C=O) groups excluding carboxylic acids is 2. The van der Waals surface area contributed by atoms with Gasteiger partial charge in [-0.05, 0) is 37.1 Å². The fourth-order valence-electron chi connectivity index (χ4n) is 1.83. The van der Waals surface area contributed by atoms with Crippen LogP contribution in [0.5, 0.6) is 0 Å². The molecule has 0 saturated heterocycles. The molecule has 136 valence electrons. The van der Waals surface area contributed by atoms with Crippen molar-refractivity contribution in [2.45, 2.75) is 26.4 Å². The minimum absolute atomic E-state index is 0.0640. The van der Waals surface area contributed by atoms with Crippen LogP contribution in [0.25, 0.3) is 0 Å². The molecule has 1 rings (SSSR count). The fraction of sp³-hybridized carbons (Fsp3) is 0.294. The molecule has 2 amide bonds. The Kier molecular flexibility index (Phi) is 7.71. The normalized spacial score (nSPS) is 12.1. The van der Waals surface area contributed by atoms with Crippen molar-refractivity contribution in [3.8, 4) is 0 Å². The van der Waals surface area contributed by atoms with Crippen molar-refractivity contribution >= 4 is 23.4 Å². The number of amides is 2. The molecule has 0 aliphatic rings. The van der Waals surface area contributed by atoms with Crippen molar-refractivity contribution in [2.75, 3.05) is 17.2 Å². The van der Waals surface area contributed by atoms with Gasteiger partial charge in [-0.2, -0.15) is 13.2 Å². The van der Waals surface area contributed by atoms with Crippen LogP contribution in [-0.4, -0.2) is 24.8 Å². The molecule has 1 aromatic carbocycles. The van der Waals surface area contributed by atoms with E-state index in [-0.39, 0.29) is 18.0 Å². The minimum atomic E-state index is -4.99. The predicted octanol–water partition coefficient (Wildman–Crippen LogP) is 4.65. The maximum absolute atomic E-state index is 12.2. The first-order valence-electron chi connectivity index (χ1n) is 7.50. The average molecular weight is 356 g/mol. The zero-order valence-electron chi connectivity index (χ0n) is 13.8. The molecule has 0 heterocycles. The Morgan fingerprint density at radius 3 is 2.40 bits per heavy atom. The van der Waals surface area contributed by atoms with E-state index in [9.17, 15) is 22.8 Å². The van der Waals surface area contributed by atoms with E-state index >= 15 is 0 Å². The maximum atomic E-state index is 12.2. The van der Waals surface area contributed by atoms with Crippen molar-refractivity contribution in [3.05, 3.63) is 48.1 Å². The third kappa shape index (κ3) is 7.56. The van der Waals surface area contributed by atoms with E-state index in [0.29, 0.717) is 0 Å². The van der Waals surface area contributed by atoms with E-state index in [1.54, 1.807) is 5.32 Å². The molecular weight excluding hydrogens is 337 g/mol. The van der Waals surface area contributed by atoms with Gasteiger partial charge in [0, 0.05) is 11.4 Å². The summed E-state index contributed by atoms with van der Waals surface area (Å²) in [5.74, 6) is -2.09. The Labute approximate surface area is 143 Å². The van der Waals surface area contributed by atoms with Crippen molar-refractivity contribution in [2.24, 2.45) is 0 Å². The number of alkyl halides is 3. The lowest BCUT2D eigenvalue weighted by atomic mass is 10.2. The Morgan fingerprint density at radius 2 is 1.84 bits per heavy atom. The fourth-order valence-corrected chi connectivity index (χ4v) is 1.83. The highest BCUT2D eigenvalue weighted by atomic mass is 19.4. The maximum Gasteiger partial charge on any atom is 0.471 e. The molecule has 0 aliphatic heterocycles. The summed E-state index contributed by atoms with van der Waals surface area (Å²) >= 11 is 0. The van der Waals surface area contributed by atoms with Crippen LogP contribution in [0.3, 0.4) is 0 Å². The molecule has 0 fully saturated rings. The number of hydrogen-bond acceptors (Lipinski definition) is 3. The van der Waals surface area contributed by atoms with Crippen LogP contribution in [0, 0.1) is 0 Å². The van der Waals surface area contributed by atoms with E-state index in [2.05, 4.69) is 5.32 Å². The van der Waals surface area contributed by atoms with Gasteiger partial charge in [-0.25, -0.2) is 4.79 Å². The summed E-state index contributed by atoms with van der Waals surface area (Å²) in [6.45, 7) is 3.85. The average Bonchev–Trinajstić information content (AvgIpc) is 2.52. The minimum Gasteiger partial charge on any atom is -0.444 e. The molecule has 0 atom stereocenters. The Balaban J connectivity index is 2.65. The number of anilines is 2. The number of carbonyl (C=O) groups is 2. The van der Waals surface area contributed by atoms with Crippen molar-refractivity contribution in [3.63, 3.8) is 0 Å². The number of allylic oxidation sites excluding steroid dienone is 2. The zero-order valence-corrected chi connectivity index (χ0v) is 13.8. The highest BCUT2D eigenvalue weighted by molar-refractivity contribution is 5.95. The second-order valence-corrected chi connectivity index (χ2v) is 4.92. The summed E-state index contributed by atoms with van der Waals surface area (Å²) in [4.78, 5) is 22.7. The summed E-state index contributed by atoms with van der Waals surface area (Å²) in [6, 6.07) is 5.32. The molecule has 0 spiro atoms. The van der Waals surface area contributed by atoms with Gasteiger partial charge in [0.05, 0.1) is 0 Å². The Bertz CT molecular complexity index is 667. The van der Waals surface area contributed by atoms with Crippen LogP contribution in [0.15, 0.2) is 48.1 Å². The first-order chi connectivity index (χ1) is 11.8.